The molecule has 23 heavy (non-hydrogen) atoms. The molecule has 3 aromatic rings. The van der Waals surface area contributed by atoms with Crippen molar-refractivity contribution in [2.75, 3.05) is 6.61 Å². The van der Waals surface area contributed by atoms with Crippen LogP contribution in [0.1, 0.15) is 5.69 Å². The van der Waals surface area contributed by atoms with Crippen LogP contribution in [0.15, 0.2) is 60.5 Å². The van der Waals surface area contributed by atoms with E-state index in [0.717, 1.165) is 32.8 Å². The third-order valence-corrected chi connectivity index (χ3v) is 5.09. The van der Waals surface area contributed by atoms with Crippen LogP contribution in [0.4, 0.5) is 0 Å². The molecule has 114 valence electrons. The molecule has 3 nitrogen and oxygen atoms in total. The van der Waals surface area contributed by atoms with Crippen LogP contribution >= 0.6 is 22.9 Å². The molecule has 0 bridgehead atoms. The van der Waals surface area contributed by atoms with Gasteiger partial charge in [0.2, 0.25) is 0 Å². The molecule has 0 fully saturated rings. The number of ether oxygens (including phenoxy) is 1. The maximum absolute atomic E-state index is 5.97. The SMILES string of the molecule is Clc1ccc(-c2cc3c(CC4=CC=COC4)nncc3s2)cc1. The quantitative estimate of drug-likeness (QED) is 0.671. The Morgan fingerprint density at radius 1 is 1.22 bits per heavy atom. The van der Waals surface area contributed by atoms with Crippen LogP contribution in [-0.4, -0.2) is 16.8 Å². The summed E-state index contributed by atoms with van der Waals surface area (Å²) in [5.41, 5.74) is 3.35. The fourth-order valence-corrected chi connectivity index (χ4v) is 3.76. The first-order chi connectivity index (χ1) is 11.3. The van der Waals surface area contributed by atoms with E-state index in [1.165, 1.54) is 10.5 Å². The first-order valence-corrected chi connectivity index (χ1v) is 8.45. The van der Waals surface area contributed by atoms with Gasteiger partial charge in [0, 0.05) is 21.7 Å². The Balaban J connectivity index is 1.73. The Morgan fingerprint density at radius 2 is 2.09 bits per heavy atom. The Hall–Kier alpha value is -2.17. The van der Waals surface area contributed by atoms with Crippen LogP contribution in [0.3, 0.4) is 0 Å². The van der Waals surface area contributed by atoms with Gasteiger partial charge < -0.3 is 4.74 Å². The van der Waals surface area contributed by atoms with Gasteiger partial charge >= 0.3 is 0 Å². The molecular weight excluding hydrogens is 328 g/mol. The highest BCUT2D eigenvalue weighted by atomic mass is 35.5. The van der Waals surface area contributed by atoms with E-state index < -0.39 is 0 Å². The molecule has 0 saturated carbocycles. The van der Waals surface area contributed by atoms with Crippen LogP contribution in [0.2, 0.25) is 5.02 Å². The molecule has 0 unspecified atom stereocenters. The summed E-state index contributed by atoms with van der Waals surface area (Å²) < 4.78 is 6.49. The number of nitrogens with zero attached hydrogens (tertiary/aromatic N) is 2. The highest BCUT2D eigenvalue weighted by molar-refractivity contribution is 7.22. The Morgan fingerprint density at radius 3 is 2.87 bits per heavy atom. The predicted molar refractivity (Wildman–Crippen MR) is 94.7 cm³/mol. The van der Waals surface area contributed by atoms with Gasteiger partial charge in [-0.2, -0.15) is 10.2 Å². The van der Waals surface area contributed by atoms with E-state index in [1.807, 2.05) is 36.5 Å². The van der Waals surface area contributed by atoms with Crippen LogP contribution in [0, 0.1) is 0 Å². The van der Waals surface area contributed by atoms with Gasteiger partial charge in [0.05, 0.1) is 22.9 Å². The normalized spacial score (nSPS) is 13.9. The molecule has 3 heterocycles. The molecule has 0 radical (unpaired) electrons. The van der Waals surface area contributed by atoms with Gasteiger partial charge in [-0.05, 0) is 35.4 Å². The van der Waals surface area contributed by atoms with Gasteiger partial charge in [0.1, 0.15) is 6.61 Å². The van der Waals surface area contributed by atoms with Crippen molar-refractivity contribution >= 4 is 33.0 Å². The summed E-state index contributed by atoms with van der Waals surface area (Å²) in [6, 6.07) is 10.1. The lowest BCUT2D eigenvalue weighted by Crippen LogP contribution is -2.03. The minimum atomic E-state index is 0.614. The summed E-state index contributed by atoms with van der Waals surface area (Å²) in [6.07, 6.45) is 8.29. The number of hydrogen-bond donors (Lipinski definition) is 0. The van der Waals surface area contributed by atoms with Crippen molar-refractivity contribution in [3.8, 4) is 10.4 Å². The van der Waals surface area contributed by atoms with Crippen LogP contribution in [-0.2, 0) is 11.2 Å². The number of allylic oxidation sites excluding steroid dienone is 2. The van der Waals surface area contributed by atoms with E-state index in [9.17, 15) is 0 Å². The van der Waals surface area contributed by atoms with Crippen molar-refractivity contribution < 1.29 is 4.74 Å². The second-order valence-electron chi connectivity index (χ2n) is 5.33. The average molecular weight is 341 g/mol. The summed E-state index contributed by atoms with van der Waals surface area (Å²) in [4.78, 5) is 1.20. The molecule has 2 aromatic heterocycles. The van der Waals surface area contributed by atoms with Crippen molar-refractivity contribution in [2.45, 2.75) is 6.42 Å². The zero-order valence-electron chi connectivity index (χ0n) is 12.2. The van der Waals surface area contributed by atoms with Crippen LogP contribution in [0.5, 0.6) is 0 Å². The predicted octanol–water partition coefficient (Wildman–Crippen LogP) is 5.02. The third kappa shape index (κ3) is 3.00. The number of benzene rings is 1. The van der Waals surface area contributed by atoms with Crippen molar-refractivity contribution in [1.29, 1.82) is 0 Å². The largest absolute Gasteiger partial charge is 0.497 e. The van der Waals surface area contributed by atoms with E-state index in [0.29, 0.717) is 6.61 Å². The number of aromatic nitrogens is 2. The van der Waals surface area contributed by atoms with Gasteiger partial charge in [-0.25, -0.2) is 0 Å². The van der Waals surface area contributed by atoms with Gasteiger partial charge in [-0.15, -0.1) is 11.3 Å². The molecular formula is C18H13ClN2OS. The molecule has 0 amide bonds. The standard InChI is InChI=1S/C18H13ClN2OS/c19-14-5-3-13(4-6-14)17-9-15-16(21-20-10-18(15)23-17)8-12-2-1-7-22-11-12/h1-7,9-10H,8,11H2. The van der Waals surface area contributed by atoms with Gasteiger partial charge in [-0.1, -0.05) is 29.8 Å². The van der Waals surface area contributed by atoms with Crippen molar-refractivity contribution in [2.24, 2.45) is 0 Å². The van der Waals surface area contributed by atoms with Gasteiger partial charge in [0.15, 0.2) is 0 Å². The highest BCUT2D eigenvalue weighted by Crippen LogP contribution is 2.35. The van der Waals surface area contributed by atoms with E-state index in [-0.39, 0.29) is 0 Å². The number of fused-ring (bicyclic) bond motifs is 1. The monoisotopic (exact) mass is 340 g/mol. The first-order valence-electron chi connectivity index (χ1n) is 7.26. The van der Waals surface area contributed by atoms with Crippen molar-refractivity contribution in [3.63, 3.8) is 0 Å². The fourth-order valence-electron chi connectivity index (χ4n) is 2.58. The van der Waals surface area contributed by atoms with E-state index in [1.54, 1.807) is 17.6 Å². The number of rotatable bonds is 3. The maximum atomic E-state index is 5.97. The fraction of sp³-hybridized carbons (Fsp3) is 0.111. The van der Waals surface area contributed by atoms with E-state index >= 15 is 0 Å². The smallest absolute Gasteiger partial charge is 0.109 e. The number of halogens is 1. The minimum Gasteiger partial charge on any atom is -0.497 e. The molecule has 1 aromatic carbocycles. The summed E-state index contributed by atoms with van der Waals surface area (Å²) in [5.74, 6) is 0. The van der Waals surface area contributed by atoms with Crippen molar-refractivity contribution in [1.82, 2.24) is 10.2 Å². The van der Waals surface area contributed by atoms with Gasteiger partial charge in [-0.3, -0.25) is 0 Å². The second kappa shape index (κ2) is 6.14. The Labute approximate surface area is 142 Å². The second-order valence-corrected chi connectivity index (χ2v) is 6.85. The maximum Gasteiger partial charge on any atom is 0.109 e. The Kier molecular flexibility index (Phi) is 3.85. The lowest BCUT2D eigenvalue weighted by atomic mass is 10.1. The highest BCUT2D eigenvalue weighted by Gasteiger charge is 2.12. The third-order valence-electron chi connectivity index (χ3n) is 3.72. The molecule has 5 heteroatoms. The Bertz CT molecular complexity index is 912. The minimum absolute atomic E-state index is 0.614. The summed E-state index contributed by atoms with van der Waals surface area (Å²) in [6.45, 7) is 0.614. The van der Waals surface area contributed by atoms with Gasteiger partial charge in [0.25, 0.3) is 0 Å². The summed E-state index contributed by atoms with van der Waals surface area (Å²) in [7, 11) is 0. The van der Waals surface area contributed by atoms with E-state index in [2.05, 4.69) is 22.3 Å². The molecule has 0 saturated heterocycles. The molecule has 0 aliphatic carbocycles. The summed E-state index contributed by atoms with van der Waals surface area (Å²) in [5, 5.41) is 10.4. The zero-order valence-corrected chi connectivity index (χ0v) is 13.8. The molecule has 0 spiro atoms. The van der Waals surface area contributed by atoms with Crippen LogP contribution in [0.25, 0.3) is 20.5 Å². The number of thiophene rings is 1. The lowest BCUT2D eigenvalue weighted by Gasteiger charge is -2.09. The summed E-state index contributed by atoms with van der Waals surface area (Å²) >= 11 is 7.69. The molecule has 4 rings (SSSR count). The number of hydrogen-bond acceptors (Lipinski definition) is 4. The topological polar surface area (TPSA) is 35.0 Å². The molecule has 1 aliphatic rings. The zero-order chi connectivity index (χ0) is 15.6. The molecule has 1 aliphatic heterocycles. The molecule has 0 atom stereocenters. The lowest BCUT2D eigenvalue weighted by molar-refractivity contribution is 0.273. The van der Waals surface area contributed by atoms with Crippen LogP contribution < -0.4 is 0 Å². The molecule has 0 N–H and O–H groups in total. The van der Waals surface area contributed by atoms with E-state index in [4.69, 9.17) is 16.3 Å². The van der Waals surface area contributed by atoms with Crippen molar-refractivity contribution in [3.05, 3.63) is 71.2 Å². The first kappa shape index (κ1) is 14.4. The average Bonchev–Trinajstić information content (AvgIpc) is 3.02.